The van der Waals surface area contributed by atoms with Gasteiger partial charge in [0, 0.05) is 5.56 Å². The molecule has 8 heteroatoms. The number of nitrogens with one attached hydrogen (secondary N) is 1. The maximum absolute atomic E-state index is 12.3. The molecule has 2 N–H and O–H groups in total. The molecule has 0 fully saturated rings. The van der Waals surface area contributed by atoms with Crippen molar-refractivity contribution in [2.45, 2.75) is 19.1 Å². The smallest absolute Gasteiger partial charge is 0.387 e. The molecule has 23 heavy (non-hydrogen) atoms. The molecule has 0 aliphatic rings. The molecule has 0 radical (unpaired) electrons. The second-order valence-corrected chi connectivity index (χ2v) is 4.45. The molecule has 0 bridgehead atoms. The summed E-state index contributed by atoms with van der Waals surface area (Å²) in [4.78, 5) is 23.0. The normalized spacial score (nSPS) is 11.8. The third-order valence-electron chi connectivity index (χ3n) is 2.69. The molecule has 1 rings (SSSR count). The monoisotopic (exact) mass is 329 g/mol. The van der Waals surface area contributed by atoms with Crippen molar-refractivity contribution < 1.29 is 33.0 Å². The van der Waals surface area contributed by atoms with E-state index >= 15 is 0 Å². The van der Waals surface area contributed by atoms with Gasteiger partial charge in [-0.2, -0.15) is 8.78 Å². The third kappa shape index (κ3) is 6.88. The molecule has 0 saturated carbocycles. The molecule has 1 amide bonds. The van der Waals surface area contributed by atoms with E-state index in [9.17, 15) is 18.4 Å². The van der Waals surface area contributed by atoms with Gasteiger partial charge in [-0.3, -0.25) is 4.79 Å². The maximum atomic E-state index is 12.3. The van der Waals surface area contributed by atoms with Crippen molar-refractivity contribution in [3.63, 3.8) is 0 Å². The van der Waals surface area contributed by atoms with Gasteiger partial charge in [0.1, 0.15) is 5.75 Å². The summed E-state index contributed by atoms with van der Waals surface area (Å²) < 4.78 is 33.9. The summed E-state index contributed by atoms with van der Waals surface area (Å²) >= 11 is 0. The van der Waals surface area contributed by atoms with Gasteiger partial charge in [0.15, 0.2) is 6.04 Å². The average Bonchev–Trinajstić information content (AvgIpc) is 2.47. The van der Waals surface area contributed by atoms with Gasteiger partial charge in [-0.15, -0.1) is 6.58 Å². The van der Waals surface area contributed by atoms with Gasteiger partial charge in [0.05, 0.1) is 19.6 Å². The lowest BCUT2D eigenvalue weighted by atomic mass is 10.1. The van der Waals surface area contributed by atoms with Crippen molar-refractivity contribution in [2.75, 3.05) is 13.2 Å². The predicted molar refractivity (Wildman–Crippen MR) is 77.4 cm³/mol. The fourth-order valence-electron chi connectivity index (χ4n) is 1.72. The molecule has 1 atom stereocenters. The predicted octanol–water partition coefficient (Wildman–Crippen LogP) is 1.60. The molecule has 0 aromatic heterocycles. The van der Waals surface area contributed by atoms with Gasteiger partial charge in [-0.25, -0.2) is 4.79 Å². The molecule has 0 aliphatic carbocycles. The van der Waals surface area contributed by atoms with Gasteiger partial charge in [0.2, 0.25) is 5.91 Å². The van der Waals surface area contributed by atoms with Gasteiger partial charge >= 0.3 is 12.6 Å². The summed E-state index contributed by atoms with van der Waals surface area (Å²) in [5, 5.41) is 11.3. The van der Waals surface area contributed by atoms with Crippen molar-refractivity contribution >= 4 is 11.9 Å². The Labute approximate surface area is 131 Å². The number of halogens is 2. The number of hydrogen-bond donors (Lipinski definition) is 2. The zero-order valence-electron chi connectivity index (χ0n) is 12.2. The molecule has 0 aliphatic heterocycles. The van der Waals surface area contributed by atoms with Crippen molar-refractivity contribution in [1.82, 2.24) is 5.32 Å². The lowest BCUT2D eigenvalue weighted by Crippen LogP contribution is -2.44. The van der Waals surface area contributed by atoms with Crippen molar-refractivity contribution in [2.24, 2.45) is 0 Å². The second-order valence-electron chi connectivity index (χ2n) is 4.45. The Balaban J connectivity index is 2.67. The summed E-state index contributed by atoms with van der Waals surface area (Å²) in [5.74, 6) is -2.04. The summed E-state index contributed by atoms with van der Waals surface area (Å²) in [6.45, 7) is 0.312. The number of aliphatic carboxylic acids is 1. The largest absolute Gasteiger partial charge is 0.480 e. The number of carboxylic acid groups (broad SMARTS) is 1. The Morgan fingerprint density at radius 2 is 2.04 bits per heavy atom. The van der Waals surface area contributed by atoms with Crippen LogP contribution in [0.25, 0.3) is 0 Å². The van der Waals surface area contributed by atoms with E-state index in [0.717, 1.165) is 0 Å². The number of para-hydroxylation sites is 1. The van der Waals surface area contributed by atoms with Crippen LogP contribution in [0.15, 0.2) is 36.9 Å². The number of carboxylic acids is 1. The lowest BCUT2D eigenvalue weighted by Gasteiger charge is -2.15. The zero-order valence-corrected chi connectivity index (χ0v) is 12.2. The van der Waals surface area contributed by atoms with Crippen molar-refractivity contribution in [3.05, 3.63) is 42.5 Å². The van der Waals surface area contributed by atoms with E-state index in [-0.39, 0.29) is 30.9 Å². The zero-order chi connectivity index (χ0) is 17.2. The van der Waals surface area contributed by atoms with Crippen LogP contribution in [-0.4, -0.2) is 42.9 Å². The molecule has 126 valence electrons. The van der Waals surface area contributed by atoms with E-state index in [4.69, 9.17) is 9.84 Å². The van der Waals surface area contributed by atoms with Crippen LogP contribution in [0.5, 0.6) is 5.75 Å². The van der Waals surface area contributed by atoms with E-state index in [2.05, 4.69) is 16.6 Å². The van der Waals surface area contributed by atoms with Crippen LogP contribution in [0.1, 0.15) is 5.56 Å². The van der Waals surface area contributed by atoms with E-state index in [0.29, 0.717) is 0 Å². The molecule has 0 spiro atoms. The van der Waals surface area contributed by atoms with Crippen molar-refractivity contribution in [1.29, 1.82) is 0 Å². The maximum Gasteiger partial charge on any atom is 0.387 e. The van der Waals surface area contributed by atoms with Gasteiger partial charge < -0.3 is 19.9 Å². The first-order valence-corrected chi connectivity index (χ1v) is 6.67. The molecular formula is C15H17F2NO5. The number of alkyl halides is 2. The minimum Gasteiger partial charge on any atom is -0.480 e. The highest BCUT2D eigenvalue weighted by Gasteiger charge is 2.21. The van der Waals surface area contributed by atoms with Crippen LogP contribution >= 0.6 is 0 Å². The highest BCUT2D eigenvalue weighted by molar-refractivity contribution is 5.85. The Morgan fingerprint density at radius 3 is 2.65 bits per heavy atom. The highest BCUT2D eigenvalue weighted by Crippen LogP contribution is 2.20. The number of benzene rings is 1. The fraction of sp³-hybridized carbons (Fsp3) is 0.333. The lowest BCUT2D eigenvalue weighted by molar-refractivity contribution is -0.143. The van der Waals surface area contributed by atoms with E-state index in [1.165, 1.54) is 24.3 Å². The average molecular weight is 329 g/mol. The van der Waals surface area contributed by atoms with Crippen LogP contribution in [0.2, 0.25) is 0 Å². The SMILES string of the molecule is C=CCOCC(NC(=O)Cc1ccccc1OC(F)F)C(=O)O. The Kier molecular flexibility index (Phi) is 7.69. The summed E-state index contributed by atoms with van der Waals surface area (Å²) in [6, 6.07) is 4.55. The van der Waals surface area contributed by atoms with Gasteiger partial charge in [-0.05, 0) is 6.07 Å². The number of rotatable bonds is 10. The minimum atomic E-state index is -3.02. The fourth-order valence-corrected chi connectivity index (χ4v) is 1.72. The van der Waals surface area contributed by atoms with Crippen molar-refractivity contribution in [3.8, 4) is 5.75 Å². The number of hydrogen-bond acceptors (Lipinski definition) is 4. The van der Waals surface area contributed by atoms with E-state index in [1.54, 1.807) is 6.07 Å². The summed E-state index contributed by atoms with van der Waals surface area (Å²) in [7, 11) is 0. The molecule has 0 heterocycles. The molecular weight excluding hydrogens is 312 g/mol. The molecule has 6 nitrogen and oxygen atoms in total. The number of carbonyl (C=O) groups excluding carboxylic acids is 1. The van der Waals surface area contributed by atoms with E-state index < -0.39 is 24.5 Å². The standard InChI is InChI=1S/C15H17F2NO5/c1-2-7-22-9-11(14(20)21)18-13(19)8-10-5-3-4-6-12(10)23-15(16)17/h2-6,11,15H,1,7-9H2,(H,18,19)(H,20,21). The highest BCUT2D eigenvalue weighted by atomic mass is 19.3. The number of carbonyl (C=O) groups is 2. The van der Waals surface area contributed by atoms with E-state index in [1.807, 2.05) is 0 Å². The van der Waals surface area contributed by atoms with Crippen LogP contribution in [-0.2, 0) is 20.7 Å². The quantitative estimate of drug-likeness (QED) is 0.503. The second kappa shape index (κ2) is 9.52. The molecule has 1 unspecified atom stereocenters. The first-order chi connectivity index (χ1) is 10.9. The van der Waals surface area contributed by atoms with Gasteiger partial charge in [0.25, 0.3) is 0 Å². The van der Waals surface area contributed by atoms with Gasteiger partial charge in [-0.1, -0.05) is 24.3 Å². The number of ether oxygens (including phenoxy) is 2. The van der Waals surface area contributed by atoms with Crippen LogP contribution in [0.4, 0.5) is 8.78 Å². The first-order valence-electron chi connectivity index (χ1n) is 6.67. The summed E-state index contributed by atoms with van der Waals surface area (Å²) in [6.07, 6.45) is 1.15. The van der Waals surface area contributed by atoms with Crippen LogP contribution in [0, 0.1) is 0 Å². The Bertz CT molecular complexity index is 550. The Hall–Kier alpha value is -2.48. The first kappa shape index (κ1) is 18.6. The summed E-state index contributed by atoms with van der Waals surface area (Å²) in [5.41, 5.74) is 0.224. The number of amides is 1. The topological polar surface area (TPSA) is 84.9 Å². The molecule has 0 saturated heterocycles. The van der Waals surface area contributed by atoms with Crippen LogP contribution in [0.3, 0.4) is 0 Å². The Morgan fingerprint density at radius 1 is 1.35 bits per heavy atom. The minimum absolute atomic E-state index is 0.132. The van der Waals surface area contributed by atoms with Crippen LogP contribution < -0.4 is 10.1 Å². The molecule has 1 aromatic carbocycles. The third-order valence-corrected chi connectivity index (χ3v) is 2.69. The molecule has 1 aromatic rings.